The zero-order valence-corrected chi connectivity index (χ0v) is 20.5. The van der Waals surface area contributed by atoms with E-state index < -0.39 is 17.7 Å². The van der Waals surface area contributed by atoms with Crippen LogP contribution in [0, 0.1) is 0 Å². The molecular weight excluding hydrogens is 494 g/mol. The zero-order valence-electron chi connectivity index (χ0n) is 19.7. The molecule has 0 spiro atoms. The fourth-order valence-electron chi connectivity index (χ4n) is 4.49. The highest BCUT2D eigenvalue weighted by Crippen LogP contribution is 2.45. The lowest BCUT2D eigenvalue weighted by molar-refractivity contribution is -0.132. The number of hydrogen-bond donors (Lipinski definition) is 1. The summed E-state index contributed by atoms with van der Waals surface area (Å²) in [4.78, 5) is 36.9. The highest BCUT2D eigenvalue weighted by Gasteiger charge is 2.48. The van der Waals surface area contributed by atoms with Crippen LogP contribution in [0.15, 0.2) is 66.5 Å². The number of aromatic nitrogens is 2. The molecular formula is C27H21N3O6S. The van der Waals surface area contributed by atoms with Gasteiger partial charge in [-0.3, -0.25) is 19.5 Å². The number of benzene rings is 2. The first-order valence-corrected chi connectivity index (χ1v) is 12.5. The van der Waals surface area contributed by atoms with Crippen LogP contribution in [0.25, 0.3) is 16.0 Å². The molecule has 6 rings (SSSR count). The third-order valence-electron chi connectivity index (χ3n) is 6.15. The lowest BCUT2D eigenvalue weighted by Crippen LogP contribution is -2.29. The predicted molar refractivity (Wildman–Crippen MR) is 137 cm³/mol. The molecule has 10 heteroatoms. The molecule has 1 saturated heterocycles. The van der Waals surface area contributed by atoms with E-state index in [9.17, 15) is 14.7 Å². The van der Waals surface area contributed by atoms with E-state index in [1.807, 2.05) is 25.1 Å². The van der Waals surface area contributed by atoms with Gasteiger partial charge < -0.3 is 19.3 Å². The van der Waals surface area contributed by atoms with Crippen LogP contribution in [0.2, 0.25) is 0 Å². The first kappa shape index (κ1) is 23.0. The Hall–Kier alpha value is -4.44. The quantitative estimate of drug-likeness (QED) is 0.235. The minimum absolute atomic E-state index is 0.0397. The Morgan fingerprint density at radius 3 is 2.65 bits per heavy atom. The SMILES string of the molecule is CCOc1ccc2nc(N3C(=O)C(=O)/C(=C(/O)c4ccc5c(c4)OCCO5)C3c3ccncc3)sc2c1. The van der Waals surface area contributed by atoms with Crippen molar-refractivity contribution in [3.63, 3.8) is 0 Å². The van der Waals surface area contributed by atoms with Crippen LogP contribution in [-0.2, 0) is 9.59 Å². The Balaban J connectivity index is 1.50. The molecule has 37 heavy (non-hydrogen) atoms. The van der Waals surface area contributed by atoms with Crippen molar-refractivity contribution < 1.29 is 28.9 Å². The second-order valence-electron chi connectivity index (χ2n) is 8.37. The van der Waals surface area contributed by atoms with Crippen molar-refractivity contribution in [2.45, 2.75) is 13.0 Å². The average molecular weight is 516 g/mol. The average Bonchev–Trinajstić information content (AvgIpc) is 3.46. The number of nitrogens with zero attached hydrogens (tertiary/aromatic N) is 3. The van der Waals surface area contributed by atoms with E-state index in [2.05, 4.69) is 9.97 Å². The number of Topliss-reactive ketones (excluding diaryl/α,β-unsaturated/α-hetero) is 1. The van der Waals surface area contributed by atoms with Crippen molar-refractivity contribution >= 4 is 44.1 Å². The Bertz CT molecular complexity index is 1570. The maximum atomic E-state index is 13.4. The van der Waals surface area contributed by atoms with Gasteiger partial charge in [-0.2, -0.15) is 0 Å². The predicted octanol–water partition coefficient (Wildman–Crippen LogP) is 4.49. The number of hydrogen-bond acceptors (Lipinski definition) is 9. The number of fused-ring (bicyclic) bond motifs is 2. The number of carbonyl (C=O) groups excluding carboxylic acids is 2. The fourth-order valence-corrected chi connectivity index (χ4v) is 5.51. The molecule has 2 aliphatic rings. The Kier molecular flexibility index (Phi) is 5.72. The van der Waals surface area contributed by atoms with E-state index in [0.717, 1.165) is 4.70 Å². The largest absolute Gasteiger partial charge is 0.507 e. The van der Waals surface area contributed by atoms with Gasteiger partial charge in [0.1, 0.15) is 24.7 Å². The molecule has 4 aromatic rings. The normalized spacial score (nSPS) is 18.4. The van der Waals surface area contributed by atoms with E-state index in [1.165, 1.54) is 16.2 Å². The first-order valence-electron chi connectivity index (χ1n) is 11.7. The molecule has 0 saturated carbocycles. The zero-order chi connectivity index (χ0) is 25.5. The third-order valence-corrected chi connectivity index (χ3v) is 7.17. The molecule has 2 aliphatic heterocycles. The van der Waals surface area contributed by atoms with Crippen LogP contribution >= 0.6 is 11.3 Å². The summed E-state index contributed by atoms with van der Waals surface area (Å²) >= 11 is 1.27. The second kappa shape index (κ2) is 9.21. The van der Waals surface area contributed by atoms with Crippen molar-refractivity contribution in [1.82, 2.24) is 9.97 Å². The smallest absolute Gasteiger partial charge is 0.301 e. The van der Waals surface area contributed by atoms with Crippen molar-refractivity contribution in [3.05, 3.63) is 77.6 Å². The Morgan fingerprint density at radius 1 is 1.08 bits per heavy atom. The van der Waals surface area contributed by atoms with Crippen molar-refractivity contribution in [2.75, 3.05) is 24.7 Å². The van der Waals surface area contributed by atoms with Gasteiger partial charge in [0.2, 0.25) is 0 Å². The highest BCUT2D eigenvalue weighted by molar-refractivity contribution is 7.22. The lowest BCUT2D eigenvalue weighted by atomic mass is 9.96. The minimum Gasteiger partial charge on any atom is -0.507 e. The van der Waals surface area contributed by atoms with Gasteiger partial charge in [0, 0.05) is 18.0 Å². The molecule has 1 atom stereocenters. The van der Waals surface area contributed by atoms with Crippen LogP contribution in [-0.4, -0.2) is 46.6 Å². The molecule has 186 valence electrons. The van der Waals surface area contributed by atoms with E-state index in [0.29, 0.717) is 58.8 Å². The molecule has 0 radical (unpaired) electrons. The van der Waals surface area contributed by atoms with Crippen LogP contribution in [0.4, 0.5) is 5.13 Å². The van der Waals surface area contributed by atoms with Crippen molar-refractivity contribution in [2.24, 2.45) is 0 Å². The maximum absolute atomic E-state index is 13.4. The molecule has 9 nitrogen and oxygen atoms in total. The number of pyridine rings is 1. The Labute approximate surface area is 215 Å². The molecule has 1 unspecified atom stereocenters. The number of aliphatic hydroxyl groups is 1. The van der Waals surface area contributed by atoms with E-state index >= 15 is 0 Å². The fraction of sp³-hybridized carbons (Fsp3) is 0.185. The minimum atomic E-state index is -0.900. The van der Waals surface area contributed by atoms with Gasteiger partial charge in [0.15, 0.2) is 16.6 Å². The summed E-state index contributed by atoms with van der Waals surface area (Å²) in [7, 11) is 0. The number of aliphatic hydroxyl groups excluding tert-OH is 1. The van der Waals surface area contributed by atoms with Gasteiger partial charge in [-0.25, -0.2) is 4.98 Å². The number of rotatable bonds is 5. The number of ether oxygens (including phenoxy) is 3. The van der Waals surface area contributed by atoms with Gasteiger partial charge in [-0.15, -0.1) is 0 Å². The van der Waals surface area contributed by atoms with Crippen molar-refractivity contribution in [1.29, 1.82) is 0 Å². The van der Waals surface area contributed by atoms with Gasteiger partial charge in [0.25, 0.3) is 5.78 Å². The summed E-state index contributed by atoms with van der Waals surface area (Å²) in [5.41, 5.74) is 1.59. The number of ketones is 1. The van der Waals surface area contributed by atoms with Crippen LogP contribution in [0.1, 0.15) is 24.1 Å². The molecule has 1 fully saturated rings. The van der Waals surface area contributed by atoms with Gasteiger partial charge >= 0.3 is 5.91 Å². The highest BCUT2D eigenvalue weighted by atomic mass is 32.1. The summed E-state index contributed by atoms with van der Waals surface area (Å²) in [6.07, 6.45) is 3.15. The lowest BCUT2D eigenvalue weighted by Gasteiger charge is -2.23. The number of thiazole rings is 1. The molecule has 1 N–H and O–H groups in total. The molecule has 1 amide bonds. The maximum Gasteiger partial charge on any atom is 0.301 e. The summed E-state index contributed by atoms with van der Waals surface area (Å²) in [6.45, 7) is 3.23. The molecule has 0 bridgehead atoms. The molecule has 0 aliphatic carbocycles. The monoisotopic (exact) mass is 515 g/mol. The summed E-state index contributed by atoms with van der Waals surface area (Å²) in [5.74, 6) is -0.180. The standard InChI is InChI=1S/C27H21N3O6S/c1-2-34-17-4-5-18-21(14-17)37-27(29-18)30-23(15-7-9-28-10-8-15)22(25(32)26(30)33)24(31)16-3-6-19-20(13-16)36-12-11-35-19/h3-10,13-14,23,31H,2,11-12H2,1H3/b24-22+. The van der Waals surface area contributed by atoms with E-state index in [1.54, 1.807) is 42.7 Å². The molecule has 4 heterocycles. The summed E-state index contributed by atoms with van der Waals surface area (Å²) < 4.78 is 17.6. The van der Waals surface area contributed by atoms with Gasteiger partial charge in [-0.1, -0.05) is 11.3 Å². The molecule has 2 aromatic carbocycles. The topological polar surface area (TPSA) is 111 Å². The van der Waals surface area contributed by atoms with Crippen LogP contribution in [0.3, 0.4) is 0 Å². The van der Waals surface area contributed by atoms with Gasteiger partial charge in [-0.05, 0) is 61.0 Å². The summed E-state index contributed by atoms with van der Waals surface area (Å²) in [6, 6.07) is 12.9. The third kappa shape index (κ3) is 3.95. The van der Waals surface area contributed by atoms with Crippen molar-refractivity contribution in [3.8, 4) is 17.2 Å². The first-order chi connectivity index (χ1) is 18.0. The van der Waals surface area contributed by atoms with Gasteiger partial charge in [0.05, 0.1) is 28.4 Å². The van der Waals surface area contributed by atoms with E-state index in [-0.39, 0.29) is 11.3 Å². The van der Waals surface area contributed by atoms with E-state index in [4.69, 9.17) is 14.2 Å². The van der Waals surface area contributed by atoms with Crippen LogP contribution in [0.5, 0.6) is 17.2 Å². The Morgan fingerprint density at radius 2 is 1.86 bits per heavy atom. The second-order valence-corrected chi connectivity index (χ2v) is 9.38. The number of carbonyl (C=O) groups is 2. The summed E-state index contributed by atoms with van der Waals surface area (Å²) in [5, 5.41) is 11.7. The number of amides is 1. The number of anilines is 1. The molecule has 2 aromatic heterocycles. The van der Waals surface area contributed by atoms with Crippen LogP contribution < -0.4 is 19.1 Å².